The summed E-state index contributed by atoms with van der Waals surface area (Å²) in [5.41, 5.74) is 1.41. The van der Waals surface area contributed by atoms with Gasteiger partial charge in [-0.05, 0) is 25.2 Å². The molecule has 0 bridgehead atoms. The van der Waals surface area contributed by atoms with Crippen LogP contribution in [0.15, 0.2) is 30.3 Å². The maximum absolute atomic E-state index is 6.06. The number of hydrogen-bond donors (Lipinski definition) is 0. The number of hydrogen-bond acceptors (Lipinski definition) is 3. The first-order valence-electron chi connectivity index (χ1n) is 5.67. The zero-order chi connectivity index (χ0) is 11.8. The summed E-state index contributed by atoms with van der Waals surface area (Å²) in [5.74, 6) is 0. The molecule has 2 atom stereocenters. The monoisotopic (exact) mass is 256 g/mol. The Bertz CT molecular complexity index is 277. The minimum Gasteiger partial charge on any atom is -0.359 e. The van der Waals surface area contributed by atoms with Crippen LogP contribution >= 0.6 is 21.6 Å². The maximum atomic E-state index is 6.06. The van der Waals surface area contributed by atoms with Crippen molar-refractivity contribution in [3.63, 3.8) is 0 Å². The van der Waals surface area contributed by atoms with Crippen LogP contribution in [0.2, 0.25) is 0 Å². The maximum Gasteiger partial charge on any atom is 0.138 e. The molecule has 1 nitrogen and oxygen atoms in total. The Morgan fingerprint density at radius 2 is 1.94 bits per heavy atom. The fraction of sp³-hybridized carbons (Fsp3) is 0.538. The van der Waals surface area contributed by atoms with Gasteiger partial charge in [-0.1, -0.05) is 65.3 Å². The first-order valence-corrected chi connectivity index (χ1v) is 8.30. The van der Waals surface area contributed by atoms with Crippen LogP contribution in [0.25, 0.3) is 0 Å². The summed E-state index contributed by atoms with van der Waals surface area (Å²) in [6, 6.07) is 10.4. The Hall–Kier alpha value is -0.120. The molecule has 1 aromatic rings. The lowest BCUT2D eigenvalue weighted by molar-refractivity contribution is 0.0418. The van der Waals surface area contributed by atoms with Gasteiger partial charge in [0.25, 0.3) is 0 Å². The van der Waals surface area contributed by atoms with Gasteiger partial charge in [0.1, 0.15) is 5.44 Å². The second kappa shape index (κ2) is 8.04. The predicted molar refractivity (Wildman–Crippen MR) is 75.7 cm³/mol. The zero-order valence-corrected chi connectivity index (χ0v) is 11.8. The summed E-state index contributed by atoms with van der Waals surface area (Å²) in [7, 11) is 3.53. The first kappa shape index (κ1) is 13.9. The predicted octanol–water partition coefficient (Wildman–Crippen LogP) is 4.90. The standard InChI is InChI=1S/C13H20OS2/c1-4-8-11(2)14-13(16-15-3)12-9-6-5-7-10-12/h5-7,9-11,13H,4,8H2,1-3H3. The first-order chi connectivity index (χ1) is 7.77. The molecule has 0 aromatic heterocycles. The van der Waals surface area contributed by atoms with E-state index in [4.69, 9.17) is 4.74 Å². The lowest BCUT2D eigenvalue weighted by Gasteiger charge is -2.21. The summed E-state index contributed by atoms with van der Waals surface area (Å²) in [6.45, 7) is 4.35. The highest BCUT2D eigenvalue weighted by molar-refractivity contribution is 8.76. The van der Waals surface area contributed by atoms with Crippen molar-refractivity contribution in [3.05, 3.63) is 35.9 Å². The molecule has 3 heteroatoms. The lowest BCUT2D eigenvalue weighted by atomic mass is 10.2. The highest BCUT2D eigenvalue weighted by Gasteiger charge is 2.15. The molecule has 2 unspecified atom stereocenters. The number of benzene rings is 1. The third-order valence-corrected chi connectivity index (χ3v) is 4.16. The van der Waals surface area contributed by atoms with Gasteiger partial charge in [-0.2, -0.15) is 0 Å². The largest absolute Gasteiger partial charge is 0.359 e. The van der Waals surface area contributed by atoms with E-state index >= 15 is 0 Å². The van der Waals surface area contributed by atoms with Crippen LogP contribution in [0, 0.1) is 0 Å². The minimum atomic E-state index is 0.151. The molecular formula is C13H20OS2. The van der Waals surface area contributed by atoms with E-state index in [9.17, 15) is 0 Å². The highest BCUT2D eigenvalue weighted by Crippen LogP contribution is 2.38. The van der Waals surface area contributed by atoms with Crippen molar-refractivity contribution in [2.75, 3.05) is 6.26 Å². The van der Waals surface area contributed by atoms with Gasteiger partial charge < -0.3 is 4.74 Å². The lowest BCUT2D eigenvalue weighted by Crippen LogP contribution is -2.10. The van der Waals surface area contributed by atoms with E-state index in [0.717, 1.165) is 6.42 Å². The Morgan fingerprint density at radius 1 is 1.25 bits per heavy atom. The highest BCUT2D eigenvalue weighted by atomic mass is 33.1. The van der Waals surface area contributed by atoms with Gasteiger partial charge in [0.2, 0.25) is 0 Å². The van der Waals surface area contributed by atoms with Crippen LogP contribution in [-0.2, 0) is 4.74 Å². The molecule has 0 amide bonds. The Morgan fingerprint density at radius 3 is 2.50 bits per heavy atom. The fourth-order valence-electron chi connectivity index (χ4n) is 1.54. The molecule has 0 aliphatic rings. The van der Waals surface area contributed by atoms with Gasteiger partial charge in [0.05, 0.1) is 6.10 Å². The molecule has 0 radical (unpaired) electrons. The molecule has 0 fully saturated rings. The van der Waals surface area contributed by atoms with Gasteiger partial charge in [0.15, 0.2) is 0 Å². The molecule has 0 aliphatic heterocycles. The van der Waals surface area contributed by atoms with Crippen LogP contribution in [0.5, 0.6) is 0 Å². The Labute approximate surface area is 107 Å². The summed E-state index contributed by atoms with van der Waals surface area (Å²) < 4.78 is 6.06. The Balaban J connectivity index is 2.60. The van der Waals surface area contributed by atoms with Gasteiger partial charge in [-0.3, -0.25) is 0 Å². The third kappa shape index (κ3) is 4.81. The van der Waals surface area contributed by atoms with Crippen LogP contribution in [0.4, 0.5) is 0 Å². The van der Waals surface area contributed by atoms with E-state index in [1.165, 1.54) is 12.0 Å². The van der Waals surface area contributed by atoms with Gasteiger partial charge in [0, 0.05) is 0 Å². The molecule has 0 aliphatic carbocycles. The molecule has 0 N–H and O–H groups in total. The number of ether oxygens (including phenoxy) is 1. The quantitative estimate of drug-likeness (QED) is 0.507. The van der Waals surface area contributed by atoms with Crippen molar-refractivity contribution < 1.29 is 4.74 Å². The Kier molecular flexibility index (Phi) is 7.01. The van der Waals surface area contributed by atoms with Crippen LogP contribution in [0.3, 0.4) is 0 Å². The van der Waals surface area contributed by atoms with Crippen molar-refractivity contribution in [2.45, 2.75) is 38.2 Å². The topological polar surface area (TPSA) is 9.23 Å². The van der Waals surface area contributed by atoms with Gasteiger partial charge in [-0.15, -0.1) is 0 Å². The SMILES string of the molecule is CCCC(C)OC(SSC)c1ccccc1. The number of rotatable bonds is 7. The molecule has 1 rings (SSSR count). The van der Waals surface area contributed by atoms with E-state index in [1.54, 1.807) is 21.6 Å². The average molecular weight is 256 g/mol. The van der Waals surface area contributed by atoms with Crippen LogP contribution in [0.1, 0.15) is 37.7 Å². The van der Waals surface area contributed by atoms with Crippen molar-refractivity contribution >= 4 is 21.6 Å². The average Bonchev–Trinajstić information content (AvgIpc) is 2.30. The van der Waals surface area contributed by atoms with E-state index < -0.39 is 0 Å². The van der Waals surface area contributed by atoms with E-state index in [1.807, 2.05) is 6.07 Å². The van der Waals surface area contributed by atoms with Crippen molar-refractivity contribution in [1.82, 2.24) is 0 Å². The van der Waals surface area contributed by atoms with E-state index in [-0.39, 0.29) is 5.44 Å². The van der Waals surface area contributed by atoms with Crippen LogP contribution < -0.4 is 0 Å². The third-order valence-electron chi connectivity index (χ3n) is 2.31. The van der Waals surface area contributed by atoms with Crippen molar-refractivity contribution in [3.8, 4) is 0 Å². The molecule has 0 heterocycles. The van der Waals surface area contributed by atoms with E-state index in [2.05, 4.69) is 44.4 Å². The molecular weight excluding hydrogens is 236 g/mol. The second-order valence-electron chi connectivity index (χ2n) is 3.74. The summed E-state index contributed by atoms with van der Waals surface area (Å²) in [5, 5.41) is 0. The van der Waals surface area contributed by atoms with E-state index in [0.29, 0.717) is 6.10 Å². The summed E-state index contributed by atoms with van der Waals surface area (Å²) in [4.78, 5) is 0. The summed E-state index contributed by atoms with van der Waals surface area (Å²) in [6.07, 6.45) is 4.72. The minimum absolute atomic E-state index is 0.151. The van der Waals surface area contributed by atoms with Gasteiger partial charge in [-0.25, -0.2) is 0 Å². The van der Waals surface area contributed by atoms with Crippen molar-refractivity contribution in [1.29, 1.82) is 0 Å². The molecule has 0 spiro atoms. The van der Waals surface area contributed by atoms with Crippen molar-refractivity contribution in [2.24, 2.45) is 0 Å². The molecule has 0 saturated heterocycles. The smallest absolute Gasteiger partial charge is 0.138 e. The summed E-state index contributed by atoms with van der Waals surface area (Å²) >= 11 is 0. The molecule has 1 aromatic carbocycles. The zero-order valence-electron chi connectivity index (χ0n) is 10.2. The van der Waals surface area contributed by atoms with Gasteiger partial charge >= 0.3 is 0 Å². The molecule has 0 saturated carbocycles. The van der Waals surface area contributed by atoms with Crippen LogP contribution in [-0.4, -0.2) is 12.4 Å². The molecule has 16 heavy (non-hydrogen) atoms. The molecule has 90 valence electrons. The fourth-order valence-corrected chi connectivity index (χ4v) is 3.21. The normalized spacial score (nSPS) is 14.7. The second-order valence-corrected chi connectivity index (χ2v) is 6.27.